The number of aliphatic carboxylic acids is 2. The number of carbonyl (C=O) groups excluding carboxylic acids is 2. The normalized spacial score (nSPS) is 20.5. The monoisotopic (exact) mass is 810 g/mol. The third kappa shape index (κ3) is 13.0. The van der Waals surface area contributed by atoms with Crippen LogP contribution in [-0.2, 0) is 9.59 Å². The van der Waals surface area contributed by atoms with E-state index in [1.54, 1.807) is 23.5 Å². The van der Waals surface area contributed by atoms with E-state index in [0.29, 0.717) is 37.2 Å². The summed E-state index contributed by atoms with van der Waals surface area (Å²) in [6.07, 6.45) is 16.3. The van der Waals surface area contributed by atoms with Gasteiger partial charge < -0.3 is 30.6 Å². The topological polar surface area (TPSA) is 165 Å². The first-order valence-electron chi connectivity index (χ1n) is 21.0. The molecule has 2 amide bonds. The molecule has 2 atom stereocenters. The molecular weight excluding hydrogens is 749 g/mol. The number of amides is 2. The van der Waals surface area contributed by atoms with E-state index in [0.717, 1.165) is 91.1 Å². The Kier molecular flexibility index (Phi) is 17.5. The standard InChI is InChI=1S/C22H33N3O3S.C20H29N3O3S/c1-2-13-29-22-18(21(28)23-17-8-4-3-5-9-17)10-11-19(24-22)25-12-6-7-16(15-25)14-20(26)27;1-2-12-27-19-16(18(24)21-15-6-4-3-5-7-15)8-9-17(22-19)23-11-10-14(13-23)20(25)26/h10-11,16-17H,2-9,12-15H2,1H3,(H,23,28)(H,26,27);8-9,14-15H,2-7,10-13H2,1H3,(H,21,24)(H,25,26). The summed E-state index contributed by atoms with van der Waals surface area (Å²) in [5.41, 5.74) is 1.30. The van der Waals surface area contributed by atoms with E-state index in [4.69, 9.17) is 15.1 Å². The van der Waals surface area contributed by atoms with Gasteiger partial charge >= 0.3 is 11.9 Å². The lowest BCUT2D eigenvalue weighted by Crippen LogP contribution is -2.38. The van der Waals surface area contributed by atoms with Crippen LogP contribution in [0.1, 0.15) is 137 Å². The lowest BCUT2D eigenvalue weighted by molar-refractivity contribution is -0.141. The van der Waals surface area contributed by atoms with Gasteiger partial charge in [-0.1, -0.05) is 52.4 Å². The van der Waals surface area contributed by atoms with Crippen molar-refractivity contribution >= 4 is 58.9 Å². The first-order chi connectivity index (χ1) is 27.1. The smallest absolute Gasteiger partial charge is 0.308 e. The molecular formula is C42H62N6O6S2. The Hall–Kier alpha value is -3.52. The van der Waals surface area contributed by atoms with Crippen LogP contribution in [0.15, 0.2) is 34.3 Å². The number of nitrogens with one attached hydrogen (secondary N) is 2. The summed E-state index contributed by atoms with van der Waals surface area (Å²) in [5, 5.41) is 26.3. The lowest BCUT2D eigenvalue weighted by Gasteiger charge is -2.33. The molecule has 2 aromatic heterocycles. The van der Waals surface area contributed by atoms with E-state index >= 15 is 0 Å². The van der Waals surface area contributed by atoms with E-state index in [9.17, 15) is 24.3 Å². The number of carboxylic acids is 2. The van der Waals surface area contributed by atoms with Gasteiger partial charge in [0.1, 0.15) is 21.7 Å². The van der Waals surface area contributed by atoms with Crippen molar-refractivity contribution in [2.75, 3.05) is 47.5 Å². The van der Waals surface area contributed by atoms with Crippen molar-refractivity contribution in [2.24, 2.45) is 11.8 Å². The van der Waals surface area contributed by atoms with Crippen LogP contribution in [0.25, 0.3) is 0 Å². The predicted molar refractivity (Wildman–Crippen MR) is 224 cm³/mol. The van der Waals surface area contributed by atoms with Crippen LogP contribution >= 0.6 is 23.5 Å². The number of aromatic nitrogens is 2. The molecule has 2 unspecified atom stereocenters. The molecule has 4 heterocycles. The summed E-state index contributed by atoms with van der Waals surface area (Å²) < 4.78 is 0. The van der Waals surface area contributed by atoms with Crippen LogP contribution in [0.3, 0.4) is 0 Å². The Labute approximate surface area is 341 Å². The average Bonchev–Trinajstić information content (AvgIpc) is 3.71. The Morgan fingerprint density at radius 3 is 1.61 bits per heavy atom. The van der Waals surface area contributed by atoms with Gasteiger partial charge in [0.2, 0.25) is 0 Å². The van der Waals surface area contributed by atoms with E-state index in [1.165, 1.54) is 38.5 Å². The number of hydrogen-bond donors (Lipinski definition) is 4. The molecule has 56 heavy (non-hydrogen) atoms. The summed E-state index contributed by atoms with van der Waals surface area (Å²) in [4.78, 5) is 61.8. The van der Waals surface area contributed by atoms with Gasteiger partial charge in [0.25, 0.3) is 11.8 Å². The summed E-state index contributed by atoms with van der Waals surface area (Å²) in [5.74, 6) is 1.72. The molecule has 2 aliphatic carbocycles. The molecule has 14 heteroatoms. The van der Waals surface area contributed by atoms with Gasteiger partial charge in [-0.05, 0) is 99.5 Å². The van der Waals surface area contributed by atoms with Gasteiger partial charge in [0.15, 0.2) is 0 Å². The number of carboxylic acid groups (broad SMARTS) is 2. The molecule has 4 aliphatic rings. The van der Waals surface area contributed by atoms with Gasteiger partial charge in [-0.25, -0.2) is 9.97 Å². The average molecular weight is 811 g/mol. The molecule has 2 saturated carbocycles. The van der Waals surface area contributed by atoms with E-state index in [1.807, 2.05) is 29.2 Å². The molecule has 2 aliphatic heterocycles. The molecule has 6 rings (SSSR count). The van der Waals surface area contributed by atoms with Crippen molar-refractivity contribution < 1.29 is 29.4 Å². The Bertz CT molecular complexity index is 1620. The van der Waals surface area contributed by atoms with Crippen LogP contribution in [-0.4, -0.2) is 93.7 Å². The molecule has 2 saturated heterocycles. The van der Waals surface area contributed by atoms with Crippen LogP contribution in [0.5, 0.6) is 0 Å². The number of pyridine rings is 2. The van der Waals surface area contributed by atoms with E-state index in [-0.39, 0.29) is 42.2 Å². The molecule has 12 nitrogen and oxygen atoms in total. The highest BCUT2D eigenvalue weighted by atomic mass is 32.2. The number of carbonyl (C=O) groups is 4. The third-order valence-electron chi connectivity index (χ3n) is 11.1. The highest BCUT2D eigenvalue weighted by molar-refractivity contribution is 7.99. The molecule has 0 aromatic carbocycles. The molecule has 308 valence electrons. The highest BCUT2D eigenvalue weighted by Crippen LogP contribution is 2.31. The quantitative estimate of drug-likeness (QED) is 0.129. The van der Waals surface area contributed by atoms with Crippen molar-refractivity contribution in [1.29, 1.82) is 0 Å². The summed E-state index contributed by atoms with van der Waals surface area (Å²) in [7, 11) is 0. The fraction of sp³-hybridized carbons (Fsp3) is 0.667. The number of hydrogen-bond acceptors (Lipinski definition) is 10. The maximum Gasteiger partial charge on any atom is 0.308 e. The van der Waals surface area contributed by atoms with Crippen molar-refractivity contribution in [3.8, 4) is 0 Å². The molecule has 4 N–H and O–H groups in total. The minimum atomic E-state index is -0.749. The van der Waals surface area contributed by atoms with Gasteiger partial charge in [-0.2, -0.15) is 0 Å². The van der Waals surface area contributed by atoms with Crippen LogP contribution in [0.4, 0.5) is 11.6 Å². The molecule has 0 bridgehead atoms. The number of nitrogens with zero attached hydrogens (tertiary/aromatic N) is 4. The molecule has 4 fully saturated rings. The molecule has 0 spiro atoms. The zero-order valence-electron chi connectivity index (χ0n) is 33.3. The Morgan fingerprint density at radius 1 is 0.661 bits per heavy atom. The fourth-order valence-corrected chi connectivity index (χ4v) is 9.80. The van der Waals surface area contributed by atoms with Crippen LogP contribution in [0, 0.1) is 11.8 Å². The van der Waals surface area contributed by atoms with E-state index < -0.39 is 11.9 Å². The second-order valence-electron chi connectivity index (χ2n) is 15.7. The molecule has 2 aromatic rings. The van der Waals surface area contributed by atoms with Gasteiger partial charge in [0.05, 0.1) is 17.0 Å². The Morgan fingerprint density at radius 2 is 1.16 bits per heavy atom. The van der Waals surface area contributed by atoms with Crippen molar-refractivity contribution in [2.45, 2.75) is 139 Å². The van der Waals surface area contributed by atoms with Gasteiger partial charge in [-0.3, -0.25) is 19.2 Å². The third-order valence-corrected chi connectivity index (χ3v) is 13.5. The number of thioether (sulfide) groups is 2. The number of anilines is 2. The summed E-state index contributed by atoms with van der Waals surface area (Å²) in [6, 6.07) is 8.08. The van der Waals surface area contributed by atoms with Gasteiger partial charge in [0, 0.05) is 44.7 Å². The minimum absolute atomic E-state index is 0.0167. The van der Waals surface area contributed by atoms with E-state index in [2.05, 4.69) is 29.4 Å². The Balaban J connectivity index is 0.000000215. The lowest BCUT2D eigenvalue weighted by atomic mass is 9.95. The maximum atomic E-state index is 12.9. The minimum Gasteiger partial charge on any atom is -0.481 e. The molecule has 0 radical (unpaired) electrons. The fourth-order valence-electron chi connectivity index (χ4n) is 8.05. The zero-order valence-corrected chi connectivity index (χ0v) is 34.9. The first-order valence-corrected chi connectivity index (χ1v) is 23.0. The largest absolute Gasteiger partial charge is 0.481 e. The first kappa shape index (κ1) is 43.6. The number of piperidine rings is 1. The second kappa shape index (κ2) is 22.4. The maximum absolute atomic E-state index is 12.9. The van der Waals surface area contributed by atoms with Crippen molar-refractivity contribution in [3.63, 3.8) is 0 Å². The van der Waals surface area contributed by atoms with Crippen LogP contribution in [0.2, 0.25) is 0 Å². The second-order valence-corrected chi connectivity index (χ2v) is 17.8. The summed E-state index contributed by atoms with van der Waals surface area (Å²) in [6.45, 7) is 7.00. The highest BCUT2D eigenvalue weighted by Gasteiger charge is 2.30. The van der Waals surface area contributed by atoms with Crippen molar-refractivity contribution in [1.82, 2.24) is 20.6 Å². The predicted octanol–water partition coefficient (Wildman–Crippen LogP) is 7.89. The van der Waals surface area contributed by atoms with Crippen LogP contribution < -0.4 is 20.4 Å². The summed E-state index contributed by atoms with van der Waals surface area (Å²) >= 11 is 3.24. The van der Waals surface area contributed by atoms with Crippen molar-refractivity contribution in [3.05, 3.63) is 35.4 Å². The van der Waals surface area contributed by atoms with Gasteiger partial charge in [-0.15, -0.1) is 23.5 Å². The number of rotatable bonds is 15. The zero-order chi connectivity index (χ0) is 39.9. The SMILES string of the molecule is CCCSc1nc(N2CCC(C(=O)O)C2)ccc1C(=O)NC1CCCCC1.CCCSc1nc(N2CCCC(CC(=O)O)C2)ccc1C(=O)NC1CCCCC1.